The second-order valence-corrected chi connectivity index (χ2v) is 4.68. The smallest absolute Gasteiger partial charge is 0.130 e. The summed E-state index contributed by atoms with van der Waals surface area (Å²) in [6.45, 7) is 6.09. The first-order valence-corrected chi connectivity index (χ1v) is 6.69. The first-order chi connectivity index (χ1) is 8.60. The van der Waals surface area contributed by atoms with Crippen LogP contribution in [-0.2, 0) is 4.79 Å². The molecule has 0 fully saturated rings. The lowest BCUT2D eigenvalue weighted by Crippen LogP contribution is -2.30. The second kappa shape index (κ2) is 11.4. The number of carbonyl (C=O) groups excluding carboxylic acids is 1. The van der Waals surface area contributed by atoms with Crippen LogP contribution in [-0.4, -0.2) is 53.7 Å². The fraction of sp³-hybridized carbons (Fsp3) is 0.786. The Bertz CT molecular complexity index is 245. The van der Waals surface area contributed by atoms with Crippen LogP contribution in [0.1, 0.15) is 39.5 Å². The molecule has 0 aromatic heterocycles. The number of allylic oxidation sites excluding steroid dienone is 2. The van der Waals surface area contributed by atoms with Crippen LogP contribution in [0, 0.1) is 0 Å². The Hall–Kier alpha value is -0.710. The Morgan fingerprint density at radius 2 is 1.67 bits per heavy atom. The maximum Gasteiger partial charge on any atom is 0.130 e. The number of nitrogens with zero attached hydrogens (tertiary/aromatic N) is 1. The molecule has 0 aliphatic heterocycles. The molecule has 4 heteroatoms. The summed E-state index contributed by atoms with van der Waals surface area (Å²) in [6, 6.07) is 0. The summed E-state index contributed by atoms with van der Waals surface area (Å²) in [6.07, 6.45) is 5.61. The van der Waals surface area contributed by atoms with E-state index in [9.17, 15) is 4.79 Å². The van der Waals surface area contributed by atoms with E-state index in [1.807, 2.05) is 0 Å². The average Bonchev–Trinajstić information content (AvgIpc) is 2.29. The number of ketones is 1. The Morgan fingerprint density at radius 1 is 1.06 bits per heavy atom. The van der Waals surface area contributed by atoms with Crippen molar-refractivity contribution in [3.8, 4) is 0 Å². The quantitative estimate of drug-likeness (QED) is 0.549. The number of aliphatic hydroxyl groups is 2. The van der Waals surface area contributed by atoms with Crippen molar-refractivity contribution in [2.24, 2.45) is 0 Å². The summed E-state index contributed by atoms with van der Waals surface area (Å²) in [4.78, 5) is 12.8. The molecule has 0 saturated heterocycles. The number of hydrogen-bond donors (Lipinski definition) is 2. The summed E-state index contributed by atoms with van der Waals surface area (Å²) in [5, 5.41) is 17.7. The molecule has 4 nitrogen and oxygen atoms in total. The zero-order valence-corrected chi connectivity index (χ0v) is 11.7. The molecule has 2 N–H and O–H groups in total. The van der Waals surface area contributed by atoms with Crippen LogP contribution in [0.2, 0.25) is 0 Å². The first kappa shape index (κ1) is 17.3. The molecule has 0 amide bonds. The molecule has 0 radical (unpaired) electrons. The summed E-state index contributed by atoms with van der Waals surface area (Å²) in [5.41, 5.74) is 1.31. The molecule has 106 valence electrons. The van der Waals surface area contributed by atoms with Gasteiger partial charge in [0.25, 0.3) is 0 Å². The van der Waals surface area contributed by atoms with E-state index in [4.69, 9.17) is 10.2 Å². The van der Waals surface area contributed by atoms with Crippen LogP contribution >= 0.6 is 0 Å². The summed E-state index contributed by atoms with van der Waals surface area (Å²) in [7, 11) is 0. The van der Waals surface area contributed by atoms with Gasteiger partial charge < -0.3 is 15.0 Å². The normalized spacial score (nSPS) is 12.2. The van der Waals surface area contributed by atoms with Gasteiger partial charge in [-0.15, -0.1) is 0 Å². The molecule has 18 heavy (non-hydrogen) atoms. The van der Waals surface area contributed by atoms with Gasteiger partial charge in [0.1, 0.15) is 5.78 Å². The van der Waals surface area contributed by atoms with Crippen LogP contribution < -0.4 is 0 Å². The average molecular weight is 257 g/mol. The van der Waals surface area contributed by atoms with Gasteiger partial charge in [0.2, 0.25) is 0 Å². The molecule has 0 bridgehead atoms. The Balaban J connectivity index is 3.75. The van der Waals surface area contributed by atoms with Crippen molar-refractivity contribution in [2.45, 2.75) is 39.5 Å². The number of rotatable bonds is 11. The fourth-order valence-electron chi connectivity index (χ4n) is 1.82. The van der Waals surface area contributed by atoms with Gasteiger partial charge in [-0.1, -0.05) is 11.6 Å². The van der Waals surface area contributed by atoms with Gasteiger partial charge in [-0.2, -0.15) is 0 Å². The van der Waals surface area contributed by atoms with E-state index in [2.05, 4.69) is 17.9 Å². The van der Waals surface area contributed by atoms with Crippen molar-refractivity contribution < 1.29 is 15.0 Å². The molecular weight excluding hydrogens is 230 g/mol. The summed E-state index contributed by atoms with van der Waals surface area (Å²) in [5.74, 6) is 0.233. The standard InChI is InChI=1S/C14H27NO3/c1-13(5-3-7-14(2)18)6-4-8-15(9-11-16)10-12-17/h5,16-17H,3-4,6-12H2,1-2H3/b13-5-. The molecule has 0 aromatic carbocycles. The monoisotopic (exact) mass is 257 g/mol. The summed E-state index contributed by atoms with van der Waals surface area (Å²) >= 11 is 0. The lowest BCUT2D eigenvalue weighted by Gasteiger charge is -2.19. The van der Waals surface area contributed by atoms with Gasteiger partial charge in [-0.05, 0) is 39.7 Å². The zero-order valence-electron chi connectivity index (χ0n) is 11.7. The molecule has 0 rings (SSSR count). The molecule has 0 aliphatic carbocycles. The minimum absolute atomic E-state index is 0.132. The van der Waals surface area contributed by atoms with Crippen LogP contribution in [0.4, 0.5) is 0 Å². The van der Waals surface area contributed by atoms with Gasteiger partial charge in [-0.25, -0.2) is 0 Å². The molecule has 0 spiro atoms. The lowest BCUT2D eigenvalue weighted by atomic mass is 10.1. The lowest BCUT2D eigenvalue weighted by molar-refractivity contribution is -0.116. The van der Waals surface area contributed by atoms with Crippen molar-refractivity contribution in [1.82, 2.24) is 4.90 Å². The number of carbonyl (C=O) groups is 1. The third-order valence-corrected chi connectivity index (χ3v) is 2.87. The van der Waals surface area contributed by atoms with Crippen molar-refractivity contribution >= 4 is 5.78 Å². The minimum Gasteiger partial charge on any atom is -0.395 e. The molecule has 0 atom stereocenters. The SMILES string of the molecule is CC(=O)CC/C=C(/C)CCCN(CCO)CCO. The van der Waals surface area contributed by atoms with Crippen LogP contribution in [0.3, 0.4) is 0 Å². The maximum absolute atomic E-state index is 10.8. The summed E-state index contributed by atoms with van der Waals surface area (Å²) < 4.78 is 0. The molecule has 0 aliphatic rings. The highest BCUT2D eigenvalue weighted by molar-refractivity contribution is 5.75. The number of Topliss-reactive ketones (excluding diaryl/α,β-unsaturated/α-hetero) is 1. The van der Waals surface area contributed by atoms with Gasteiger partial charge in [-0.3, -0.25) is 4.90 Å². The molecule has 0 heterocycles. The second-order valence-electron chi connectivity index (χ2n) is 4.68. The third kappa shape index (κ3) is 10.4. The predicted molar refractivity (Wildman–Crippen MR) is 73.5 cm³/mol. The van der Waals surface area contributed by atoms with E-state index in [-0.39, 0.29) is 19.0 Å². The Labute approximate surface area is 110 Å². The number of hydrogen-bond acceptors (Lipinski definition) is 4. The largest absolute Gasteiger partial charge is 0.395 e. The van der Waals surface area contributed by atoms with Crippen molar-refractivity contribution in [3.63, 3.8) is 0 Å². The van der Waals surface area contributed by atoms with Gasteiger partial charge >= 0.3 is 0 Å². The molecular formula is C14H27NO3. The molecule has 0 saturated carbocycles. The molecule has 0 aromatic rings. The van der Waals surface area contributed by atoms with Crippen LogP contribution in [0.15, 0.2) is 11.6 Å². The highest BCUT2D eigenvalue weighted by Gasteiger charge is 2.03. The minimum atomic E-state index is 0.132. The van der Waals surface area contributed by atoms with Crippen LogP contribution in [0.25, 0.3) is 0 Å². The van der Waals surface area contributed by atoms with Gasteiger partial charge in [0, 0.05) is 19.5 Å². The van der Waals surface area contributed by atoms with E-state index in [1.165, 1.54) is 5.57 Å². The van der Waals surface area contributed by atoms with E-state index in [0.29, 0.717) is 19.5 Å². The van der Waals surface area contributed by atoms with Crippen LogP contribution in [0.5, 0.6) is 0 Å². The molecule has 0 unspecified atom stereocenters. The van der Waals surface area contributed by atoms with Crippen molar-refractivity contribution in [1.29, 1.82) is 0 Å². The Morgan fingerprint density at radius 3 is 2.17 bits per heavy atom. The highest BCUT2D eigenvalue weighted by atomic mass is 16.3. The van der Waals surface area contributed by atoms with E-state index >= 15 is 0 Å². The predicted octanol–water partition coefficient (Wildman–Crippen LogP) is 1.37. The van der Waals surface area contributed by atoms with Gasteiger partial charge in [0.15, 0.2) is 0 Å². The zero-order chi connectivity index (χ0) is 13.8. The van der Waals surface area contributed by atoms with E-state index < -0.39 is 0 Å². The fourth-order valence-corrected chi connectivity index (χ4v) is 1.82. The third-order valence-electron chi connectivity index (χ3n) is 2.87. The maximum atomic E-state index is 10.8. The van der Waals surface area contributed by atoms with Gasteiger partial charge in [0.05, 0.1) is 13.2 Å². The number of aliphatic hydroxyl groups excluding tert-OH is 2. The highest BCUT2D eigenvalue weighted by Crippen LogP contribution is 2.07. The van der Waals surface area contributed by atoms with Crippen molar-refractivity contribution in [2.75, 3.05) is 32.8 Å². The topological polar surface area (TPSA) is 60.8 Å². The first-order valence-electron chi connectivity index (χ1n) is 6.69. The van der Waals surface area contributed by atoms with E-state index in [0.717, 1.165) is 25.8 Å². The van der Waals surface area contributed by atoms with Crippen molar-refractivity contribution in [3.05, 3.63) is 11.6 Å². The van der Waals surface area contributed by atoms with E-state index in [1.54, 1.807) is 6.92 Å². The Kier molecular flexibility index (Phi) is 10.9.